The Kier molecular flexibility index (Phi) is 12.1. The van der Waals surface area contributed by atoms with E-state index < -0.39 is 5.97 Å². The number of hydrogen-bond donors (Lipinski definition) is 4. The number of carboxylic acids is 1. The number of ether oxygens (including phenoxy) is 2. The van der Waals surface area contributed by atoms with Crippen LogP contribution in [0.15, 0.2) is 76.5 Å². The highest BCUT2D eigenvalue weighted by atomic mass is 16.5. The van der Waals surface area contributed by atoms with Crippen molar-refractivity contribution in [1.29, 1.82) is 0 Å². The lowest BCUT2D eigenvalue weighted by molar-refractivity contribution is -0.121. The Bertz CT molecular complexity index is 1600. The first-order valence-corrected chi connectivity index (χ1v) is 15.3. The summed E-state index contributed by atoms with van der Waals surface area (Å²) >= 11 is 0. The van der Waals surface area contributed by atoms with E-state index in [1.807, 2.05) is 24.3 Å². The molecule has 0 spiro atoms. The number of carbonyl (C=O) groups is 3. The van der Waals surface area contributed by atoms with Gasteiger partial charge in [-0.25, -0.2) is 4.79 Å². The zero-order valence-corrected chi connectivity index (χ0v) is 26.0. The maximum absolute atomic E-state index is 12.6. The van der Waals surface area contributed by atoms with Gasteiger partial charge in [-0.2, -0.15) is 0 Å². The standard InChI is InChI=1S/C34H39N5O7/c1-3-39(4-2)25-13-12-23-19-24(22-46-30(23)20-25)33(42)36-17-8-16-35-32(41)11-7-18-45-31-21-26(40)14-15-29(31)38-37-28-10-6-5-9-27(28)34(43)44/h5-6,9-10,12-15,19-21,40H,3-4,7-8,11,16-18,22H2,1-2H3,(H,35,41)(H,36,42)(H,43,44). The summed E-state index contributed by atoms with van der Waals surface area (Å²) < 4.78 is 11.6. The highest BCUT2D eigenvalue weighted by Gasteiger charge is 2.18. The van der Waals surface area contributed by atoms with E-state index in [1.54, 1.807) is 12.1 Å². The number of phenols is 1. The van der Waals surface area contributed by atoms with Gasteiger partial charge in [0, 0.05) is 56.0 Å². The minimum Gasteiger partial charge on any atom is -0.508 e. The minimum absolute atomic E-state index is 0.00725. The van der Waals surface area contributed by atoms with Crippen molar-refractivity contribution in [1.82, 2.24) is 10.6 Å². The quantitative estimate of drug-likeness (QED) is 0.117. The number of aromatic carboxylic acids is 1. The molecule has 0 aromatic heterocycles. The first-order valence-electron chi connectivity index (χ1n) is 15.3. The molecule has 1 aliphatic rings. The van der Waals surface area contributed by atoms with Crippen LogP contribution in [0, 0.1) is 0 Å². The molecular formula is C34H39N5O7. The van der Waals surface area contributed by atoms with Gasteiger partial charge in [0.2, 0.25) is 5.91 Å². The molecule has 4 N–H and O–H groups in total. The topological polar surface area (TPSA) is 162 Å². The number of benzene rings is 3. The maximum Gasteiger partial charge on any atom is 0.337 e. The molecule has 0 saturated heterocycles. The van der Waals surface area contributed by atoms with Crippen molar-refractivity contribution in [2.24, 2.45) is 10.2 Å². The number of phenolic OH excluding ortho intramolecular Hbond substituents is 1. The van der Waals surface area contributed by atoms with E-state index >= 15 is 0 Å². The van der Waals surface area contributed by atoms with Crippen LogP contribution in [-0.2, 0) is 9.59 Å². The first kappa shape index (κ1) is 33.5. The van der Waals surface area contributed by atoms with Gasteiger partial charge in [0.15, 0.2) is 0 Å². The second-order valence-corrected chi connectivity index (χ2v) is 10.4. The predicted molar refractivity (Wildman–Crippen MR) is 175 cm³/mol. The van der Waals surface area contributed by atoms with Crippen molar-refractivity contribution >= 4 is 40.9 Å². The van der Waals surface area contributed by atoms with Crippen molar-refractivity contribution in [3.8, 4) is 17.2 Å². The Morgan fingerprint density at radius 2 is 1.70 bits per heavy atom. The fourth-order valence-corrected chi connectivity index (χ4v) is 4.75. The average Bonchev–Trinajstić information content (AvgIpc) is 3.06. The smallest absolute Gasteiger partial charge is 0.337 e. The zero-order valence-electron chi connectivity index (χ0n) is 26.0. The van der Waals surface area contributed by atoms with Gasteiger partial charge in [-0.05, 0) is 69.2 Å². The first-order chi connectivity index (χ1) is 22.3. The molecule has 0 unspecified atom stereocenters. The fraction of sp³-hybridized carbons (Fsp3) is 0.324. The highest BCUT2D eigenvalue weighted by molar-refractivity contribution is 5.99. The van der Waals surface area contributed by atoms with Crippen molar-refractivity contribution in [3.05, 3.63) is 77.4 Å². The predicted octanol–water partition coefficient (Wildman–Crippen LogP) is 5.61. The summed E-state index contributed by atoms with van der Waals surface area (Å²) in [7, 11) is 0. The number of nitrogens with zero attached hydrogens (tertiary/aromatic N) is 3. The molecule has 0 aliphatic carbocycles. The Balaban J connectivity index is 1.15. The van der Waals surface area contributed by atoms with E-state index in [4.69, 9.17) is 9.47 Å². The molecule has 1 heterocycles. The minimum atomic E-state index is -1.12. The van der Waals surface area contributed by atoms with Gasteiger partial charge < -0.3 is 35.2 Å². The van der Waals surface area contributed by atoms with Gasteiger partial charge in [-0.3, -0.25) is 9.59 Å². The number of carboxylic acid groups (broad SMARTS) is 1. The Labute approximate surface area is 267 Å². The van der Waals surface area contributed by atoms with Gasteiger partial charge >= 0.3 is 5.97 Å². The molecule has 12 nitrogen and oxygen atoms in total. The molecular weight excluding hydrogens is 590 g/mol. The van der Waals surface area contributed by atoms with Crippen molar-refractivity contribution in [3.63, 3.8) is 0 Å². The summed E-state index contributed by atoms with van der Waals surface area (Å²) in [4.78, 5) is 38.6. The number of hydrogen-bond acceptors (Lipinski definition) is 9. The lowest BCUT2D eigenvalue weighted by atomic mass is 10.1. The summed E-state index contributed by atoms with van der Waals surface area (Å²) in [5, 5.41) is 33.1. The van der Waals surface area contributed by atoms with Crippen molar-refractivity contribution in [2.45, 2.75) is 33.1 Å². The Morgan fingerprint density at radius 3 is 2.48 bits per heavy atom. The summed E-state index contributed by atoms with van der Waals surface area (Å²) in [6.07, 6.45) is 3.04. The molecule has 1 aliphatic heterocycles. The number of carbonyl (C=O) groups excluding carboxylic acids is 2. The monoisotopic (exact) mass is 629 g/mol. The molecule has 0 saturated carbocycles. The van der Waals surface area contributed by atoms with E-state index in [-0.39, 0.29) is 54.2 Å². The molecule has 242 valence electrons. The Morgan fingerprint density at radius 1 is 0.935 bits per heavy atom. The zero-order chi connectivity index (χ0) is 32.9. The summed E-state index contributed by atoms with van der Waals surface area (Å²) in [6.45, 7) is 7.20. The third-order valence-corrected chi connectivity index (χ3v) is 7.24. The van der Waals surface area contributed by atoms with E-state index in [0.717, 1.165) is 30.1 Å². The van der Waals surface area contributed by atoms with Gasteiger partial charge in [0.1, 0.15) is 35.2 Å². The van der Waals surface area contributed by atoms with Crippen LogP contribution in [0.2, 0.25) is 0 Å². The van der Waals surface area contributed by atoms with Crippen LogP contribution in [-0.4, -0.2) is 67.4 Å². The number of anilines is 1. The largest absolute Gasteiger partial charge is 0.508 e. The fourth-order valence-electron chi connectivity index (χ4n) is 4.75. The van der Waals surface area contributed by atoms with Crippen LogP contribution < -0.4 is 25.0 Å². The maximum atomic E-state index is 12.6. The number of aromatic hydroxyl groups is 1. The van der Waals surface area contributed by atoms with Crippen LogP contribution in [0.3, 0.4) is 0 Å². The van der Waals surface area contributed by atoms with Gasteiger partial charge in [-0.15, -0.1) is 10.2 Å². The summed E-state index contributed by atoms with van der Waals surface area (Å²) in [6, 6.07) is 16.5. The summed E-state index contributed by atoms with van der Waals surface area (Å²) in [5.41, 5.74) is 3.00. The summed E-state index contributed by atoms with van der Waals surface area (Å²) in [5.74, 6) is -0.492. The third kappa shape index (κ3) is 9.31. The molecule has 0 bridgehead atoms. The van der Waals surface area contributed by atoms with E-state index in [0.29, 0.717) is 37.2 Å². The molecule has 12 heteroatoms. The third-order valence-electron chi connectivity index (χ3n) is 7.24. The van der Waals surface area contributed by atoms with E-state index in [9.17, 15) is 24.6 Å². The lowest BCUT2D eigenvalue weighted by Crippen LogP contribution is -2.32. The Hall–Kier alpha value is -5.39. The van der Waals surface area contributed by atoms with Gasteiger partial charge in [-0.1, -0.05) is 12.1 Å². The number of amides is 2. The second-order valence-electron chi connectivity index (χ2n) is 10.4. The molecule has 3 aromatic carbocycles. The molecule has 0 atom stereocenters. The molecule has 46 heavy (non-hydrogen) atoms. The van der Waals surface area contributed by atoms with E-state index in [2.05, 4.69) is 39.6 Å². The lowest BCUT2D eigenvalue weighted by Gasteiger charge is -2.24. The molecule has 3 aromatic rings. The van der Waals surface area contributed by atoms with Crippen LogP contribution >= 0.6 is 0 Å². The number of nitrogens with one attached hydrogen (secondary N) is 2. The second kappa shape index (κ2) is 16.6. The van der Waals surface area contributed by atoms with Crippen molar-refractivity contribution in [2.75, 3.05) is 44.3 Å². The van der Waals surface area contributed by atoms with Crippen molar-refractivity contribution < 1.29 is 34.1 Å². The van der Waals surface area contributed by atoms with Crippen LogP contribution in [0.25, 0.3) is 6.08 Å². The highest BCUT2D eigenvalue weighted by Crippen LogP contribution is 2.34. The number of azo groups is 1. The average molecular weight is 630 g/mol. The molecule has 4 rings (SSSR count). The molecule has 0 radical (unpaired) electrons. The number of rotatable bonds is 16. The SMILES string of the molecule is CCN(CC)c1ccc2c(c1)OCC(C(=O)NCCCNC(=O)CCCOc1cc(O)ccc1N=Nc1ccccc1C(=O)O)=C2. The van der Waals surface area contributed by atoms with E-state index in [1.165, 1.54) is 30.3 Å². The number of fused-ring (bicyclic) bond motifs is 1. The van der Waals surface area contributed by atoms with Crippen LogP contribution in [0.1, 0.15) is 49.0 Å². The van der Waals surface area contributed by atoms with Gasteiger partial charge in [0.25, 0.3) is 5.91 Å². The molecule has 0 fully saturated rings. The van der Waals surface area contributed by atoms with Crippen LogP contribution in [0.4, 0.5) is 17.1 Å². The normalized spacial score (nSPS) is 12.1. The van der Waals surface area contributed by atoms with Crippen LogP contribution in [0.5, 0.6) is 17.2 Å². The van der Waals surface area contributed by atoms with Gasteiger partial charge in [0.05, 0.1) is 17.7 Å². The molecule has 2 amide bonds.